The summed E-state index contributed by atoms with van der Waals surface area (Å²) in [5.41, 5.74) is 4.51. The van der Waals surface area contributed by atoms with Gasteiger partial charge in [-0.3, -0.25) is 4.79 Å². The molecule has 1 unspecified atom stereocenters. The predicted molar refractivity (Wildman–Crippen MR) is 114 cm³/mol. The van der Waals surface area contributed by atoms with Crippen LogP contribution in [0.25, 0.3) is 22.2 Å². The molecule has 4 aromatic rings. The van der Waals surface area contributed by atoms with Gasteiger partial charge in [0.15, 0.2) is 0 Å². The summed E-state index contributed by atoms with van der Waals surface area (Å²) in [5.74, 6) is 0. The minimum Gasteiger partial charge on any atom is -0.387 e. The van der Waals surface area contributed by atoms with Crippen LogP contribution in [0.15, 0.2) is 65.6 Å². The predicted octanol–water partition coefficient (Wildman–Crippen LogP) is 4.63. The van der Waals surface area contributed by atoms with E-state index in [1.165, 1.54) is 0 Å². The van der Waals surface area contributed by atoms with Gasteiger partial charge in [-0.2, -0.15) is 0 Å². The first-order chi connectivity index (χ1) is 13.5. The molecule has 0 bridgehead atoms. The lowest BCUT2D eigenvalue weighted by Gasteiger charge is -2.15. The minimum atomic E-state index is -0.754. The summed E-state index contributed by atoms with van der Waals surface area (Å²) in [6.45, 7) is 2.28. The second-order valence-corrected chi connectivity index (χ2v) is 7.26. The highest BCUT2D eigenvalue weighted by atomic mass is 35.5. The van der Waals surface area contributed by atoms with Crippen LogP contribution < -0.4 is 10.9 Å². The Hall–Kier alpha value is -3.02. The summed E-state index contributed by atoms with van der Waals surface area (Å²) in [4.78, 5) is 18.6. The second-order valence-electron chi connectivity index (χ2n) is 6.82. The molecule has 6 heteroatoms. The Morgan fingerprint density at radius 2 is 2.00 bits per heavy atom. The number of pyridine rings is 1. The van der Waals surface area contributed by atoms with E-state index in [4.69, 9.17) is 11.6 Å². The second kappa shape index (κ2) is 7.54. The Kier molecular flexibility index (Phi) is 4.94. The molecule has 0 aliphatic carbocycles. The van der Waals surface area contributed by atoms with E-state index in [-0.39, 0.29) is 12.1 Å². The molecule has 4 rings (SSSR count). The van der Waals surface area contributed by atoms with Gasteiger partial charge in [0.25, 0.3) is 5.56 Å². The summed E-state index contributed by atoms with van der Waals surface area (Å²) in [6, 6.07) is 17.0. The van der Waals surface area contributed by atoms with Crippen molar-refractivity contribution in [2.75, 3.05) is 11.9 Å². The first-order valence-corrected chi connectivity index (χ1v) is 9.38. The fraction of sp³-hybridized carbons (Fsp3) is 0.136. The molecule has 2 aromatic carbocycles. The number of rotatable bonds is 5. The summed E-state index contributed by atoms with van der Waals surface area (Å²) < 4.78 is 0. The number of fused-ring (bicyclic) bond motifs is 1. The van der Waals surface area contributed by atoms with Crippen LogP contribution in [-0.2, 0) is 0 Å². The normalized spacial score (nSPS) is 12.2. The third-order valence-corrected chi connectivity index (χ3v) is 4.96. The molecule has 28 heavy (non-hydrogen) atoms. The summed E-state index contributed by atoms with van der Waals surface area (Å²) in [7, 11) is 0. The molecule has 0 aliphatic rings. The van der Waals surface area contributed by atoms with Crippen LogP contribution >= 0.6 is 11.6 Å². The van der Waals surface area contributed by atoms with Crippen LogP contribution in [0.5, 0.6) is 0 Å². The molecular formula is C22H20ClN3O2. The fourth-order valence-corrected chi connectivity index (χ4v) is 3.52. The van der Waals surface area contributed by atoms with Crippen molar-refractivity contribution in [2.24, 2.45) is 0 Å². The van der Waals surface area contributed by atoms with Crippen molar-refractivity contribution in [2.45, 2.75) is 13.0 Å². The number of hydrogen-bond donors (Lipinski definition) is 4. The zero-order chi connectivity index (χ0) is 19.7. The Balaban J connectivity index is 1.65. The van der Waals surface area contributed by atoms with Crippen molar-refractivity contribution in [1.82, 2.24) is 9.97 Å². The van der Waals surface area contributed by atoms with Crippen LogP contribution in [0.1, 0.15) is 17.2 Å². The van der Waals surface area contributed by atoms with Gasteiger partial charge in [0.1, 0.15) is 0 Å². The third kappa shape index (κ3) is 3.67. The van der Waals surface area contributed by atoms with Crippen LogP contribution in [0.3, 0.4) is 0 Å². The Morgan fingerprint density at radius 3 is 2.82 bits per heavy atom. The number of aromatic nitrogens is 2. The molecule has 0 amide bonds. The van der Waals surface area contributed by atoms with Gasteiger partial charge in [0, 0.05) is 28.7 Å². The van der Waals surface area contributed by atoms with Crippen LogP contribution in [0.4, 0.5) is 5.69 Å². The monoisotopic (exact) mass is 393 g/mol. The third-order valence-electron chi connectivity index (χ3n) is 4.73. The van der Waals surface area contributed by atoms with Gasteiger partial charge in [-0.15, -0.1) is 0 Å². The Labute approximate surface area is 167 Å². The van der Waals surface area contributed by atoms with E-state index in [1.807, 2.05) is 31.2 Å². The molecule has 1 atom stereocenters. The zero-order valence-corrected chi connectivity index (χ0v) is 16.0. The number of benzene rings is 2. The van der Waals surface area contributed by atoms with Crippen LogP contribution in [-0.4, -0.2) is 21.6 Å². The summed E-state index contributed by atoms with van der Waals surface area (Å²) in [5, 5.41) is 15.3. The molecule has 0 radical (unpaired) electrons. The molecule has 5 nitrogen and oxygen atoms in total. The maximum absolute atomic E-state index is 12.5. The highest BCUT2D eigenvalue weighted by molar-refractivity contribution is 6.30. The maximum atomic E-state index is 12.5. The number of nitrogens with one attached hydrogen (secondary N) is 3. The van der Waals surface area contributed by atoms with E-state index in [2.05, 4.69) is 21.4 Å². The molecule has 2 aromatic heterocycles. The highest BCUT2D eigenvalue weighted by Crippen LogP contribution is 2.28. The van der Waals surface area contributed by atoms with Gasteiger partial charge in [0.2, 0.25) is 0 Å². The fourth-order valence-electron chi connectivity index (χ4n) is 3.32. The van der Waals surface area contributed by atoms with Gasteiger partial charge in [-0.1, -0.05) is 35.4 Å². The number of aliphatic hydroxyl groups excluding tert-OH is 1. The number of hydrogen-bond acceptors (Lipinski definition) is 3. The number of H-pyrrole nitrogens is 2. The van der Waals surface area contributed by atoms with E-state index < -0.39 is 6.10 Å². The van der Waals surface area contributed by atoms with Crippen molar-refractivity contribution in [3.05, 3.63) is 87.3 Å². The van der Waals surface area contributed by atoms with Crippen molar-refractivity contribution in [3.8, 4) is 11.3 Å². The number of halogens is 1. The van der Waals surface area contributed by atoms with Gasteiger partial charge >= 0.3 is 0 Å². The lowest BCUT2D eigenvalue weighted by molar-refractivity contribution is 0.191. The van der Waals surface area contributed by atoms with Crippen molar-refractivity contribution in [1.29, 1.82) is 0 Å². The number of aliphatic hydroxyl groups is 1. The van der Waals surface area contributed by atoms with Gasteiger partial charge in [0.05, 0.1) is 23.0 Å². The van der Waals surface area contributed by atoms with Gasteiger partial charge in [-0.05, 0) is 48.9 Å². The van der Waals surface area contributed by atoms with E-state index in [0.29, 0.717) is 21.8 Å². The standard InChI is InChI=1S/C22H20ClN3O2/c1-13-5-6-17-15(9-13)11-19(26-17)21-18(7-8-24-22(21)28)25-12-20(27)14-3-2-4-16(23)10-14/h2-11,20,26-27H,12H2,1H3,(H2,24,25,28). The Morgan fingerprint density at radius 1 is 1.14 bits per heavy atom. The summed E-state index contributed by atoms with van der Waals surface area (Å²) >= 11 is 6.00. The van der Waals surface area contributed by atoms with Crippen molar-refractivity contribution >= 4 is 28.2 Å². The van der Waals surface area contributed by atoms with Crippen molar-refractivity contribution in [3.63, 3.8) is 0 Å². The maximum Gasteiger partial charge on any atom is 0.259 e. The minimum absolute atomic E-state index is 0.203. The zero-order valence-electron chi connectivity index (χ0n) is 15.3. The lowest BCUT2D eigenvalue weighted by atomic mass is 10.1. The van der Waals surface area contributed by atoms with Crippen molar-refractivity contribution < 1.29 is 5.11 Å². The summed E-state index contributed by atoms with van der Waals surface area (Å²) in [6.07, 6.45) is 0.836. The van der Waals surface area contributed by atoms with Gasteiger partial charge in [-0.25, -0.2) is 0 Å². The molecule has 0 fully saturated rings. The molecule has 0 saturated heterocycles. The topological polar surface area (TPSA) is 80.9 Å². The molecule has 0 saturated carbocycles. The number of anilines is 1. The van der Waals surface area contributed by atoms with E-state index in [0.717, 1.165) is 22.2 Å². The van der Waals surface area contributed by atoms with Crippen LogP contribution in [0.2, 0.25) is 5.02 Å². The largest absolute Gasteiger partial charge is 0.387 e. The van der Waals surface area contributed by atoms with E-state index in [9.17, 15) is 9.90 Å². The molecule has 2 heterocycles. The quantitative estimate of drug-likeness (QED) is 0.399. The first kappa shape index (κ1) is 18.3. The number of aryl methyl sites for hydroxylation is 1. The SMILES string of the molecule is Cc1ccc2[nH]c(-c3c(NCC(O)c4cccc(Cl)c4)cc[nH]c3=O)cc2c1. The smallest absolute Gasteiger partial charge is 0.259 e. The van der Waals surface area contributed by atoms with Gasteiger partial charge < -0.3 is 20.4 Å². The Bertz CT molecular complexity index is 1200. The molecule has 4 N–H and O–H groups in total. The number of aromatic amines is 2. The molecule has 0 spiro atoms. The average Bonchev–Trinajstić information content (AvgIpc) is 3.08. The first-order valence-electron chi connectivity index (χ1n) is 9.00. The molecular weight excluding hydrogens is 374 g/mol. The van der Waals surface area contributed by atoms with E-state index in [1.54, 1.807) is 30.5 Å². The van der Waals surface area contributed by atoms with E-state index >= 15 is 0 Å². The van der Waals surface area contributed by atoms with Crippen LogP contribution in [0, 0.1) is 6.92 Å². The molecule has 0 aliphatic heterocycles. The molecule has 142 valence electrons. The average molecular weight is 394 g/mol. The highest BCUT2D eigenvalue weighted by Gasteiger charge is 2.14. The lowest BCUT2D eigenvalue weighted by Crippen LogP contribution is -2.16.